The summed E-state index contributed by atoms with van der Waals surface area (Å²) in [6.45, 7) is 4.05. The predicted octanol–water partition coefficient (Wildman–Crippen LogP) is 2.31. The maximum atomic E-state index is 11.7. The number of carbonyl (C=O) groups is 1. The van der Waals surface area contributed by atoms with Gasteiger partial charge < -0.3 is 19.6 Å². The summed E-state index contributed by atoms with van der Waals surface area (Å²) in [6, 6.07) is 11.0. The van der Waals surface area contributed by atoms with E-state index in [2.05, 4.69) is 11.9 Å². The third-order valence-corrected chi connectivity index (χ3v) is 2.99. The van der Waals surface area contributed by atoms with E-state index in [0.29, 0.717) is 5.76 Å². The highest BCUT2D eigenvalue weighted by atomic mass is 16.5. The number of benzene rings is 1. The Bertz CT molecular complexity index is 633. The van der Waals surface area contributed by atoms with Crippen molar-refractivity contribution < 1.29 is 19.1 Å². The molecule has 2 aromatic rings. The number of furan rings is 1. The van der Waals surface area contributed by atoms with Crippen molar-refractivity contribution in [3.8, 4) is 5.75 Å². The lowest BCUT2D eigenvalue weighted by Crippen LogP contribution is -2.25. The SMILES string of the molecule is C=CCc1ccccc1OCc1ccc(C(=O)NCCO)o1. The third-order valence-electron chi connectivity index (χ3n) is 2.99. The summed E-state index contributed by atoms with van der Waals surface area (Å²) in [5, 5.41) is 11.2. The van der Waals surface area contributed by atoms with E-state index in [1.807, 2.05) is 30.3 Å². The van der Waals surface area contributed by atoms with E-state index in [1.54, 1.807) is 12.1 Å². The van der Waals surface area contributed by atoms with Gasteiger partial charge in [-0.2, -0.15) is 0 Å². The predicted molar refractivity (Wildman–Crippen MR) is 82.8 cm³/mol. The van der Waals surface area contributed by atoms with E-state index < -0.39 is 0 Å². The van der Waals surface area contributed by atoms with Crippen LogP contribution in [0.2, 0.25) is 0 Å². The fourth-order valence-electron chi connectivity index (χ4n) is 1.95. The number of nitrogens with one attached hydrogen (secondary N) is 1. The van der Waals surface area contributed by atoms with Crippen LogP contribution >= 0.6 is 0 Å². The Morgan fingerprint density at radius 3 is 2.91 bits per heavy atom. The Morgan fingerprint density at radius 1 is 1.32 bits per heavy atom. The lowest BCUT2D eigenvalue weighted by atomic mass is 10.1. The molecule has 0 radical (unpaired) electrons. The Balaban J connectivity index is 1.96. The van der Waals surface area contributed by atoms with Gasteiger partial charge in [0, 0.05) is 6.54 Å². The van der Waals surface area contributed by atoms with Gasteiger partial charge in [-0.15, -0.1) is 6.58 Å². The number of hydrogen-bond donors (Lipinski definition) is 2. The molecule has 0 atom stereocenters. The molecule has 0 spiro atoms. The summed E-state index contributed by atoms with van der Waals surface area (Å²) in [6.07, 6.45) is 2.54. The molecule has 5 heteroatoms. The quantitative estimate of drug-likeness (QED) is 0.734. The second-order valence-corrected chi connectivity index (χ2v) is 4.63. The molecule has 0 saturated heterocycles. The van der Waals surface area contributed by atoms with E-state index in [-0.39, 0.29) is 31.4 Å². The normalized spacial score (nSPS) is 10.2. The molecule has 0 saturated carbocycles. The Morgan fingerprint density at radius 2 is 2.14 bits per heavy atom. The molecular weight excluding hydrogens is 282 g/mol. The number of aliphatic hydroxyl groups is 1. The standard InChI is InChI=1S/C17H19NO4/c1-2-5-13-6-3-4-7-15(13)21-12-14-8-9-16(22-14)17(20)18-10-11-19/h2-4,6-9,19H,1,5,10-12H2,(H,18,20). The van der Waals surface area contributed by atoms with Gasteiger partial charge in [0.1, 0.15) is 18.1 Å². The van der Waals surface area contributed by atoms with Crippen LogP contribution in [-0.2, 0) is 13.0 Å². The molecule has 0 aliphatic carbocycles. The molecule has 1 amide bonds. The molecule has 5 nitrogen and oxygen atoms in total. The van der Waals surface area contributed by atoms with Crippen LogP contribution in [0.15, 0.2) is 53.5 Å². The number of aliphatic hydroxyl groups excluding tert-OH is 1. The maximum Gasteiger partial charge on any atom is 0.287 e. The number of allylic oxidation sites excluding steroid dienone is 1. The summed E-state index contributed by atoms with van der Waals surface area (Å²) in [7, 11) is 0. The maximum absolute atomic E-state index is 11.7. The van der Waals surface area contributed by atoms with Crippen molar-refractivity contribution in [1.82, 2.24) is 5.32 Å². The first-order chi connectivity index (χ1) is 10.7. The molecule has 22 heavy (non-hydrogen) atoms. The van der Waals surface area contributed by atoms with Crippen molar-refractivity contribution in [3.05, 3.63) is 66.1 Å². The Labute approximate surface area is 129 Å². The minimum absolute atomic E-state index is 0.109. The van der Waals surface area contributed by atoms with Gasteiger partial charge in [-0.25, -0.2) is 0 Å². The average Bonchev–Trinajstić information content (AvgIpc) is 3.01. The molecule has 1 heterocycles. The van der Waals surface area contributed by atoms with Crippen molar-refractivity contribution in [2.75, 3.05) is 13.2 Å². The summed E-state index contributed by atoms with van der Waals surface area (Å²) in [5.74, 6) is 1.17. The highest BCUT2D eigenvalue weighted by molar-refractivity contribution is 5.91. The molecular formula is C17H19NO4. The molecule has 2 rings (SSSR count). The first kappa shape index (κ1) is 15.9. The van der Waals surface area contributed by atoms with Crippen molar-refractivity contribution in [2.24, 2.45) is 0 Å². The summed E-state index contributed by atoms with van der Waals surface area (Å²) < 4.78 is 11.2. The Kier molecular flexibility index (Phi) is 5.80. The fourth-order valence-corrected chi connectivity index (χ4v) is 1.95. The topological polar surface area (TPSA) is 71.7 Å². The molecule has 1 aromatic carbocycles. The molecule has 2 N–H and O–H groups in total. The third kappa shape index (κ3) is 4.23. The summed E-state index contributed by atoms with van der Waals surface area (Å²) in [4.78, 5) is 11.7. The van der Waals surface area contributed by atoms with Gasteiger partial charge in [-0.05, 0) is 30.2 Å². The van der Waals surface area contributed by atoms with Crippen LogP contribution in [0.4, 0.5) is 0 Å². The number of amides is 1. The van der Waals surface area contributed by atoms with E-state index >= 15 is 0 Å². The lowest BCUT2D eigenvalue weighted by Gasteiger charge is -2.08. The van der Waals surface area contributed by atoms with Crippen LogP contribution < -0.4 is 10.1 Å². The number of para-hydroxylation sites is 1. The largest absolute Gasteiger partial charge is 0.485 e. The van der Waals surface area contributed by atoms with Gasteiger partial charge in [-0.3, -0.25) is 4.79 Å². The van der Waals surface area contributed by atoms with Gasteiger partial charge in [0.15, 0.2) is 5.76 Å². The number of hydrogen-bond acceptors (Lipinski definition) is 4. The smallest absolute Gasteiger partial charge is 0.287 e. The molecule has 1 aromatic heterocycles. The molecule has 0 bridgehead atoms. The molecule has 0 unspecified atom stereocenters. The van der Waals surface area contributed by atoms with E-state index in [1.165, 1.54) is 0 Å². The first-order valence-corrected chi connectivity index (χ1v) is 7.04. The fraction of sp³-hybridized carbons (Fsp3) is 0.235. The second-order valence-electron chi connectivity index (χ2n) is 4.63. The zero-order chi connectivity index (χ0) is 15.8. The van der Waals surface area contributed by atoms with Crippen LogP contribution in [0.25, 0.3) is 0 Å². The number of carbonyl (C=O) groups excluding carboxylic acids is 1. The van der Waals surface area contributed by atoms with E-state index in [0.717, 1.165) is 17.7 Å². The van der Waals surface area contributed by atoms with Crippen LogP contribution in [0.5, 0.6) is 5.75 Å². The summed E-state index contributed by atoms with van der Waals surface area (Å²) in [5.41, 5.74) is 1.05. The monoisotopic (exact) mass is 301 g/mol. The second kappa shape index (κ2) is 8.05. The van der Waals surface area contributed by atoms with Gasteiger partial charge in [0.05, 0.1) is 6.61 Å². The van der Waals surface area contributed by atoms with Crippen LogP contribution in [-0.4, -0.2) is 24.2 Å². The first-order valence-electron chi connectivity index (χ1n) is 7.04. The minimum atomic E-state index is -0.354. The van der Waals surface area contributed by atoms with E-state index in [9.17, 15) is 4.79 Å². The number of ether oxygens (including phenoxy) is 1. The van der Waals surface area contributed by atoms with Crippen molar-refractivity contribution in [2.45, 2.75) is 13.0 Å². The average molecular weight is 301 g/mol. The van der Waals surface area contributed by atoms with Gasteiger partial charge in [0.25, 0.3) is 5.91 Å². The zero-order valence-electron chi connectivity index (χ0n) is 12.2. The van der Waals surface area contributed by atoms with Crippen LogP contribution in [0.3, 0.4) is 0 Å². The Hall–Kier alpha value is -2.53. The van der Waals surface area contributed by atoms with Gasteiger partial charge in [-0.1, -0.05) is 24.3 Å². The molecule has 0 aliphatic heterocycles. The van der Waals surface area contributed by atoms with Crippen molar-refractivity contribution in [1.29, 1.82) is 0 Å². The molecule has 116 valence electrons. The zero-order valence-corrected chi connectivity index (χ0v) is 12.2. The van der Waals surface area contributed by atoms with Crippen molar-refractivity contribution >= 4 is 5.91 Å². The van der Waals surface area contributed by atoms with Crippen LogP contribution in [0, 0.1) is 0 Å². The highest BCUT2D eigenvalue weighted by Gasteiger charge is 2.11. The van der Waals surface area contributed by atoms with Gasteiger partial charge >= 0.3 is 0 Å². The number of rotatable bonds is 8. The van der Waals surface area contributed by atoms with Crippen LogP contribution in [0.1, 0.15) is 21.9 Å². The summed E-state index contributed by atoms with van der Waals surface area (Å²) >= 11 is 0. The molecule has 0 aliphatic rings. The molecule has 0 fully saturated rings. The highest BCUT2D eigenvalue weighted by Crippen LogP contribution is 2.20. The van der Waals surface area contributed by atoms with Gasteiger partial charge in [0.2, 0.25) is 0 Å². The minimum Gasteiger partial charge on any atom is -0.485 e. The van der Waals surface area contributed by atoms with Crippen molar-refractivity contribution in [3.63, 3.8) is 0 Å². The lowest BCUT2D eigenvalue weighted by molar-refractivity contribution is 0.0913. The van der Waals surface area contributed by atoms with E-state index in [4.69, 9.17) is 14.3 Å².